The maximum absolute atomic E-state index is 12.4. The highest BCUT2D eigenvalue weighted by Gasteiger charge is 2.32. The zero-order chi connectivity index (χ0) is 19.9. The van der Waals surface area contributed by atoms with E-state index in [9.17, 15) is 4.79 Å². The van der Waals surface area contributed by atoms with Crippen molar-refractivity contribution in [1.82, 2.24) is 10.2 Å². The lowest BCUT2D eigenvalue weighted by Crippen LogP contribution is -2.48. The first kappa shape index (κ1) is 20.2. The number of hydrogen-bond donors (Lipinski definition) is 2. The number of carbonyl (C=O) groups is 1. The van der Waals surface area contributed by atoms with Crippen LogP contribution in [0.3, 0.4) is 0 Å². The van der Waals surface area contributed by atoms with Gasteiger partial charge in [0.2, 0.25) is 0 Å². The number of urea groups is 1. The van der Waals surface area contributed by atoms with Gasteiger partial charge in [-0.1, -0.05) is 6.07 Å². The van der Waals surface area contributed by atoms with Gasteiger partial charge in [-0.05, 0) is 68.1 Å². The maximum Gasteiger partial charge on any atom is 0.319 e. The van der Waals surface area contributed by atoms with Gasteiger partial charge in [0.15, 0.2) is 0 Å². The minimum atomic E-state index is -0.166. The number of carbonyl (C=O) groups excluding carboxylic acids is 1. The molecule has 0 saturated carbocycles. The fourth-order valence-corrected chi connectivity index (χ4v) is 4.70. The third-order valence-corrected chi connectivity index (χ3v) is 6.51. The molecule has 1 aromatic carbocycles. The topological polar surface area (TPSA) is 62.8 Å². The van der Waals surface area contributed by atoms with Gasteiger partial charge in [-0.2, -0.15) is 0 Å². The molecule has 0 spiro atoms. The van der Waals surface area contributed by atoms with Gasteiger partial charge in [0.05, 0.1) is 6.61 Å². The first-order valence-corrected chi connectivity index (χ1v) is 11.3. The number of likely N-dealkylation sites (tertiary alicyclic amines) is 1. The summed E-state index contributed by atoms with van der Waals surface area (Å²) in [6.45, 7) is 5.10. The van der Waals surface area contributed by atoms with E-state index in [2.05, 4.69) is 21.6 Å². The molecule has 2 amide bonds. The van der Waals surface area contributed by atoms with Crippen LogP contribution in [0.4, 0.5) is 10.5 Å². The molecule has 2 aromatic rings. The molecule has 2 aliphatic heterocycles. The van der Waals surface area contributed by atoms with Gasteiger partial charge in [-0.25, -0.2) is 4.79 Å². The fraction of sp³-hybridized carbons (Fsp3) is 0.500. The van der Waals surface area contributed by atoms with Crippen LogP contribution in [0, 0.1) is 5.92 Å². The molecule has 3 heterocycles. The molecular formula is C22H29N3O3S. The van der Waals surface area contributed by atoms with Crippen molar-refractivity contribution in [3.8, 4) is 5.75 Å². The molecular weight excluding hydrogens is 386 g/mol. The Labute approximate surface area is 176 Å². The molecule has 0 unspecified atom stereocenters. The maximum atomic E-state index is 12.4. The number of ether oxygens (including phenoxy) is 2. The number of anilines is 1. The van der Waals surface area contributed by atoms with Gasteiger partial charge >= 0.3 is 6.03 Å². The summed E-state index contributed by atoms with van der Waals surface area (Å²) in [5.41, 5.74) is 0.757. The second kappa shape index (κ2) is 10.1. The van der Waals surface area contributed by atoms with E-state index in [4.69, 9.17) is 9.47 Å². The number of thiophene rings is 1. The average molecular weight is 416 g/mol. The van der Waals surface area contributed by atoms with Gasteiger partial charge in [0, 0.05) is 35.7 Å². The van der Waals surface area contributed by atoms with Crippen LogP contribution in [0.25, 0.3) is 0 Å². The van der Waals surface area contributed by atoms with Crippen LogP contribution >= 0.6 is 11.3 Å². The van der Waals surface area contributed by atoms with Crippen LogP contribution in [0.1, 0.15) is 24.1 Å². The van der Waals surface area contributed by atoms with Crippen molar-refractivity contribution in [2.75, 3.05) is 38.2 Å². The quantitative estimate of drug-likeness (QED) is 0.685. The molecule has 2 fully saturated rings. The zero-order valence-electron chi connectivity index (χ0n) is 16.6. The number of rotatable bonds is 8. The largest absolute Gasteiger partial charge is 0.488 e. The Morgan fingerprint density at radius 3 is 2.76 bits per heavy atom. The van der Waals surface area contributed by atoms with Gasteiger partial charge in [-0.3, -0.25) is 4.90 Å². The molecule has 7 heteroatoms. The molecule has 4 rings (SSSR count). The minimum absolute atomic E-state index is 0.166. The standard InChI is InChI=1S/C22H29N3O3S/c26-22(23-14-21(17-9-12-27-15-17)25-10-1-2-11-25)24-18-5-7-19(8-6-18)28-16-20-4-3-13-29-20/h3-8,13,17,21H,1-2,9-12,14-16H2,(H2,23,24,26)/t17-,21-/m1/s1. The molecule has 6 nitrogen and oxygen atoms in total. The van der Waals surface area contributed by atoms with E-state index in [0.29, 0.717) is 25.1 Å². The Morgan fingerprint density at radius 2 is 2.07 bits per heavy atom. The SMILES string of the molecule is O=C(NC[C@H]([C@@H]1CCOC1)N1CCCC1)Nc1ccc(OCc2cccs2)cc1. The second-order valence-corrected chi connectivity index (χ2v) is 8.69. The van der Waals surface area contributed by atoms with Crippen LogP contribution in [-0.4, -0.2) is 49.8 Å². The molecule has 2 N–H and O–H groups in total. The van der Waals surface area contributed by atoms with Crippen LogP contribution < -0.4 is 15.4 Å². The van der Waals surface area contributed by atoms with E-state index >= 15 is 0 Å². The third kappa shape index (κ3) is 5.72. The molecule has 2 saturated heterocycles. The molecule has 0 radical (unpaired) electrons. The summed E-state index contributed by atoms with van der Waals surface area (Å²) >= 11 is 1.68. The second-order valence-electron chi connectivity index (χ2n) is 7.66. The summed E-state index contributed by atoms with van der Waals surface area (Å²) in [6.07, 6.45) is 3.58. The monoisotopic (exact) mass is 415 g/mol. The number of nitrogens with zero attached hydrogens (tertiary/aromatic N) is 1. The Bertz CT molecular complexity index is 738. The van der Waals surface area contributed by atoms with Gasteiger partial charge < -0.3 is 20.1 Å². The molecule has 1 aromatic heterocycles. The summed E-state index contributed by atoms with van der Waals surface area (Å²) in [5.74, 6) is 1.30. The van der Waals surface area contributed by atoms with Crippen molar-refractivity contribution in [3.05, 3.63) is 46.7 Å². The predicted molar refractivity (Wildman–Crippen MR) is 116 cm³/mol. The number of amides is 2. The zero-order valence-corrected chi connectivity index (χ0v) is 17.5. The predicted octanol–water partition coefficient (Wildman–Crippen LogP) is 3.95. The minimum Gasteiger partial charge on any atom is -0.488 e. The van der Waals surface area contributed by atoms with E-state index in [1.165, 1.54) is 17.7 Å². The van der Waals surface area contributed by atoms with E-state index in [1.807, 2.05) is 35.7 Å². The van der Waals surface area contributed by atoms with Gasteiger partial charge in [0.25, 0.3) is 0 Å². The summed E-state index contributed by atoms with van der Waals surface area (Å²) in [6, 6.07) is 11.8. The summed E-state index contributed by atoms with van der Waals surface area (Å²) < 4.78 is 11.4. The van der Waals surface area contributed by atoms with E-state index in [0.717, 1.165) is 44.2 Å². The van der Waals surface area contributed by atoms with Gasteiger partial charge in [0.1, 0.15) is 12.4 Å². The average Bonchev–Trinajstić information content (AvgIpc) is 3.51. The van der Waals surface area contributed by atoms with Crippen LogP contribution in [0.15, 0.2) is 41.8 Å². The molecule has 2 aliphatic rings. The molecule has 156 valence electrons. The normalized spacial score (nSPS) is 20.5. The van der Waals surface area contributed by atoms with Crippen molar-refractivity contribution in [2.45, 2.75) is 31.9 Å². The van der Waals surface area contributed by atoms with E-state index in [-0.39, 0.29) is 6.03 Å². The Morgan fingerprint density at radius 1 is 1.24 bits per heavy atom. The summed E-state index contributed by atoms with van der Waals surface area (Å²) in [5, 5.41) is 8.03. The molecule has 0 bridgehead atoms. The third-order valence-electron chi connectivity index (χ3n) is 5.66. The number of nitrogens with one attached hydrogen (secondary N) is 2. The summed E-state index contributed by atoms with van der Waals surface area (Å²) in [4.78, 5) is 16.1. The van der Waals surface area contributed by atoms with Crippen molar-refractivity contribution in [2.24, 2.45) is 5.92 Å². The molecule has 29 heavy (non-hydrogen) atoms. The Balaban J connectivity index is 1.25. The highest BCUT2D eigenvalue weighted by molar-refractivity contribution is 7.09. The van der Waals surface area contributed by atoms with E-state index < -0.39 is 0 Å². The van der Waals surface area contributed by atoms with Crippen molar-refractivity contribution in [1.29, 1.82) is 0 Å². The molecule has 0 aliphatic carbocycles. The smallest absolute Gasteiger partial charge is 0.319 e. The van der Waals surface area contributed by atoms with Crippen LogP contribution in [0.2, 0.25) is 0 Å². The van der Waals surface area contributed by atoms with Gasteiger partial charge in [-0.15, -0.1) is 11.3 Å². The van der Waals surface area contributed by atoms with Crippen molar-refractivity contribution in [3.63, 3.8) is 0 Å². The lowest BCUT2D eigenvalue weighted by Gasteiger charge is -2.31. The highest BCUT2D eigenvalue weighted by Crippen LogP contribution is 2.24. The lowest BCUT2D eigenvalue weighted by molar-refractivity contribution is 0.135. The first-order chi connectivity index (χ1) is 14.3. The summed E-state index contributed by atoms with van der Waals surface area (Å²) in [7, 11) is 0. The number of benzene rings is 1. The van der Waals surface area contributed by atoms with Crippen molar-refractivity contribution < 1.29 is 14.3 Å². The Kier molecular flexibility index (Phi) is 7.03. The first-order valence-electron chi connectivity index (χ1n) is 10.4. The van der Waals surface area contributed by atoms with E-state index in [1.54, 1.807) is 11.3 Å². The highest BCUT2D eigenvalue weighted by atomic mass is 32.1. The molecule has 2 atom stereocenters. The number of hydrogen-bond acceptors (Lipinski definition) is 5. The lowest BCUT2D eigenvalue weighted by atomic mass is 9.97. The fourth-order valence-electron chi connectivity index (χ4n) is 4.08. The Hall–Kier alpha value is -2.09. The van der Waals surface area contributed by atoms with Crippen LogP contribution in [-0.2, 0) is 11.3 Å². The van der Waals surface area contributed by atoms with Crippen LogP contribution in [0.5, 0.6) is 5.75 Å². The van der Waals surface area contributed by atoms with Crippen molar-refractivity contribution >= 4 is 23.1 Å².